The largest absolute Gasteiger partial charge is 0.493 e. The van der Waals surface area contributed by atoms with E-state index in [1.54, 1.807) is 14.2 Å². The van der Waals surface area contributed by atoms with Crippen molar-refractivity contribution in [2.24, 2.45) is 16.6 Å². The van der Waals surface area contributed by atoms with Crippen LogP contribution in [0.4, 0.5) is 5.69 Å². The Hall–Kier alpha value is -3.22. The van der Waals surface area contributed by atoms with Gasteiger partial charge in [0.1, 0.15) is 0 Å². The van der Waals surface area contributed by atoms with Crippen LogP contribution in [-0.2, 0) is 17.9 Å². The summed E-state index contributed by atoms with van der Waals surface area (Å²) in [6, 6.07) is 13.2. The van der Waals surface area contributed by atoms with Gasteiger partial charge in [0, 0.05) is 18.2 Å². The SMILES string of the molecule is COc1ccc(CN=C(N)NCc2ccc(NC(=O)C(C)C)cc2)cc1OC. The maximum absolute atomic E-state index is 11.7. The fourth-order valence-corrected chi connectivity index (χ4v) is 2.40. The Bertz CT molecular complexity index is 817. The highest BCUT2D eigenvalue weighted by molar-refractivity contribution is 5.92. The molecule has 0 radical (unpaired) electrons. The minimum Gasteiger partial charge on any atom is -0.493 e. The molecule has 0 aliphatic carbocycles. The standard InChI is InChI=1S/C21H28N4O3/c1-14(2)20(26)25-17-8-5-15(6-9-17)12-23-21(22)24-13-16-7-10-18(27-3)19(11-16)28-4/h5-11,14H,12-13H2,1-4H3,(H,25,26)(H3,22,23,24). The molecule has 4 N–H and O–H groups in total. The molecule has 2 aromatic carbocycles. The van der Waals surface area contributed by atoms with Crippen LogP contribution < -0.4 is 25.8 Å². The fourth-order valence-electron chi connectivity index (χ4n) is 2.40. The average molecular weight is 384 g/mol. The molecule has 0 spiro atoms. The van der Waals surface area contributed by atoms with Crippen molar-refractivity contribution >= 4 is 17.6 Å². The summed E-state index contributed by atoms with van der Waals surface area (Å²) in [5.74, 6) is 1.63. The van der Waals surface area contributed by atoms with Crippen LogP contribution in [0.25, 0.3) is 0 Å². The number of hydrogen-bond donors (Lipinski definition) is 3. The van der Waals surface area contributed by atoms with Gasteiger partial charge in [-0.05, 0) is 35.4 Å². The number of nitrogens with one attached hydrogen (secondary N) is 2. The number of carbonyl (C=O) groups is 1. The molecule has 7 nitrogen and oxygen atoms in total. The number of benzene rings is 2. The van der Waals surface area contributed by atoms with Crippen molar-refractivity contribution in [2.45, 2.75) is 26.9 Å². The van der Waals surface area contributed by atoms with E-state index in [-0.39, 0.29) is 11.8 Å². The van der Waals surface area contributed by atoms with E-state index >= 15 is 0 Å². The molecule has 2 aromatic rings. The number of ether oxygens (including phenoxy) is 2. The first-order chi connectivity index (χ1) is 13.4. The predicted molar refractivity (Wildman–Crippen MR) is 112 cm³/mol. The van der Waals surface area contributed by atoms with Gasteiger partial charge in [0.25, 0.3) is 0 Å². The lowest BCUT2D eigenvalue weighted by atomic mass is 10.1. The highest BCUT2D eigenvalue weighted by Gasteiger charge is 2.07. The summed E-state index contributed by atoms with van der Waals surface area (Å²) in [6.07, 6.45) is 0. The van der Waals surface area contributed by atoms with Crippen LogP contribution in [0.1, 0.15) is 25.0 Å². The van der Waals surface area contributed by atoms with Crippen molar-refractivity contribution in [3.63, 3.8) is 0 Å². The fraction of sp³-hybridized carbons (Fsp3) is 0.333. The van der Waals surface area contributed by atoms with Crippen LogP contribution in [-0.4, -0.2) is 26.1 Å². The minimum atomic E-state index is -0.0528. The first kappa shape index (κ1) is 21.1. The second-order valence-electron chi connectivity index (χ2n) is 6.59. The highest BCUT2D eigenvalue weighted by Crippen LogP contribution is 2.27. The third kappa shape index (κ3) is 6.19. The maximum Gasteiger partial charge on any atom is 0.226 e. The first-order valence-corrected chi connectivity index (χ1v) is 9.07. The van der Waals surface area contributed by atoms with Gasteiger partial charge in [0.15, 0.2) is 17.5 Å². The molecule has 0 aromatic heterocycles. The lowest BCUT2D eigenvalue weighted by Crippen LogP contribution is -2.31. The molecule has 0 fully saturated rings. The number of anilines is 1. The van der Waals surface area contributed by atoms with E-state index in [1.807, 2.05) is 56.3 Å². The van der Waals surface area contributed by atoms with Crippen molar-refractivity contribution in [3.8, 4) is 11.5 Å². The topological polar surface area (TPSA) is 98.0 Å². The summed E-state index contributed by atoms with van der Waals surface area (Å²) < 4.78 is 10.5. The van der Waals surface area contributed by atoms with Crippen LogP contribution in [0.2, 0.25) is 0 Å². The van der Waals surface area contributed by atoms with Gasteiger partial charge in [-0.3, -0.25) is 4.79 Å². The van der Waals surface area contributed by atoms with E-state index in [4.69, 9.17) is 15.2 Å². The van der Waals surface area contributed by atoms with E-state index < -0.39 is 0 Å². The Morgan fingerprint density at radius 3 is 2.29 bits per heavy atom. The molecular formula is C21H28N4O3. The average Bonchev–Trinajstić information content (AvgIpc) is 2.71. The molecule has 0 aliphatic rings. The van der Waals surface area contributed by atoms with Gasteiger partial charge in [0.2, 0.25) is 5.91 Å². The Kier molecular flexibility index (Phi) is 7.68. The quantitative estimate of drug-likeness (QED) is 0.480. The van der Waals surface area contributed by atoms with Crippen LogP contribution >= 0.6 is 0 Å². The lowest BCUT2D eigenvalue weighted by molar-refractivity contribution is -0.118. The molecule has 7 heteroatoms. The van der Waals surface area contributed by atoms with Crippen molar-refractivity contribution < 1.29 is 14.3 Å². The van der Waals surface area contributed by atoms with Crippen molar-refractivity contribution in [1.82, 2.24) is 5.32 Å². The minimum absolute atomic E-state index is 0.00239. The molecule has 0 bridgehead atoms. The zero-order chi connectivity index (χ0) is 20.5. The summed E-state index contributed by atoms with van der Waals surface area (Å²) in [6.45, 7) is 4.69. The molecule has 0 unspecified atom stereocenters. The van der Waals surface area contributed by atoms with E-state index in [2.05, 4.69) is 15.6 Å². The number of rotatable bonds is 8. The molecule has 2 rings (SSSR count). The summed E-state index contributed by atoms with van der Waals surface area (Å²) in [5.41, 5.74) is 8.73. The number of methoxy groups -OCH3 is 2. The van der Waals surface area contributed by atoms with Gasteiger partial charge in [-0.2, -0.15) is 0 Å². The molecule has 0 heterocycles. The van der Waals surface area contributed by atoms with Crippen LogP contribution in [0.5, 0.6) is 11.5 Å². The van der Waals surface area contributed by atoms with E-state index in [9.17, 15) is 4.79 Å². The second kappa shape index (κ2) is 10.2. The summed E-state index contributed by atoms with van der Waals surface area (Å²) in [4.78, 5) is 16.1. The lowest BCUT2D eigenvalue weighted by Gasteiger charge is -2.10. The normalized spacial score (nSPS) is 11.2. The number of nitrogens with zero attached hydrogens (tertiary/aromatic N) is 1. The Labute approximate surface area is 165 Å². The number of hydrogen-bond acceptors (Lipinski definition) is 4. The molecule has 0 atom stereocenters. The number of aliphatic imine (C=N–C) groups is 1. The third-order valence-corrected chi connectivity index (χ3v) is 4.10. The van der Waals surface area contributed by atoms with Gasteiger partial charge in [-0.15, -0.1) is 0 Å². The van der Waals surface area contributed by atoms with Gasteiger partial charge < -0.3 is 25.8 Å². The van der Waals surface area contributed by atoms with E-state index in [1.165, 1.54) is 0 Å². The summed E-state index contributed by atoms with van der Waals surface area (Å²) in [7, 11) is 3.20. The Morgan fingerprint density at radius 1 is 1.04 bits per heavy atom. The zero-order valence-electron chi connectivity index (χ0n) is 16.8. The molecule has 150 valence electrons. The van der Waals surface area contributed by atoms with E-state index in [0.717, 1.165) is 16.8 Å². The molecule has 1 amide bonds. The van der Waals surface area contributed by atoms with Crippen molar-refractivity contribution in [2.75, 3.05) is 19.5 Å². The number of guanidine groups is 1. The van der Waals surface area contributed by atoms with E-state index in [0.29, 0.717) is 30.5 Å². The Morgan fingerprint density at radius 2 is 1.68 bits per heavy atom. The van der Waals surface area contributed by atoms with Crippen molar-refractivity contribution in [1.29, 1.82) is 0 Å². The van der Waals surface area contributed by atoms with Gasteiger partial charge in [-0.1, -0.05) is 32.0 Å². The molecule has 0 saturated carbocycles. The van der Waals surface area contributed by atoms with Crippen LogP contribution in [0.15, 0.2) is 47.5 Å². The summed E-state index contributed by atoms with van der Waals surface area (Å²) in [5, 5.41) is 5.95. The molecule has 28 heavy (non-hydrogen) atoms. The highest BCUT2D eigenvalue weighted by atomic mass is 16.5. The van der Waals surface area contributed by atoms with Crippen LogP contribution in [0, 0.1) is 5.92 Å². The Balaban J connectivity index is 1.87. The predicted octanol–water partition coefficient (Wildman–Crippen LogP) is 2.90. The van der Waals surface area contributed by atoms with Crippen molar-refractivity contribution in [3.05, 3.63) is 53.6 Å². The number of amides is 1. The second-order valence-corrected chi connectivity index (χ2v) is 6.59. The zero-order valence-corrected chi connectivity index (χ0v) is 16.8. The van der Waals surface area contributed by atoms with Gasteiger partial charge in [-0.25, -0.2) is 4.99 Å². The number of nitrogens with two attached hydrogens (primary N) is 1. The molecular weight excluding hydrogens is 356 g/mol. The number of carbonyl (C=O) groups excluding carboxylic acids is 1. The molecule has 0 saturated heterocycles. The summed E-state index contributed by atoms with van der Waals surface area (Å²) >= 11 is 0. The smallest absolute Gasteiger partial charge is 0.226 e. The molecule has 0 aliphatic heterocycles. The third-order valence-electron chi connectivity index (χ3n) is 4.10. The van der Waals surface area contributed by atoms with Gasteiger partial charge >= 0.3 is 0 Å². The maximum atomic E-state index is 11.7. The monoisotopic (exact) mass is 384 g/mol. The van der Waals surface area contributed by atoms with Crippen LogP contribution in [0.3, 0.4) is 0 Å². The first-order valence-electron chi connectivity index (χ1n) is 9.07. The van der Waals surface area contributed by atoms with Gasteiger partial charge in [0.05, 0.1) is 20.8 Å².